The number of halogens is 2. The fraction of sp³-hybridized carbons (Fsp3) is 0.417. The number of hydrogen-bond donors (Lipinski definition) is 1. The minimum atomic E-state index is -3.06. The molecule has 0 aromatic heterocycles. The number of carboxylic acids is 1. The van der Waals surface area contributed by atoms with Crippen LogP contribution in [0.4, 0.5) is 8.78 Å². The maximum atomic E-state index is 13.8. The van der Waals surface area contributed by atoms with Crippen molar-refractivity contribution < 1.29 is 18.7 Å². The Bertz CT molecular complexity index is 397. The molecule has 0 atom stereocenters. The normalized spacial score (nSPS) is 18.1. The summed E-state index contributed by atoms with van der Waals surface area (Å²) >= 11 is 0. The molecule has 0 saturated heterocycles. The van der Waals surface area contributed by atoms with Crippen LogP contribution in [0.2, 0.25) is 0 Å². The highest BCUT2D eigenvalue weighted by Gasteiger charge is 2.56. The van der Waals surface area contributed by atoms with Crippen LogP contribution < -0.4 is 0 Å². The van der Waals surface area contributed by atoms with Crippen LogP contribution in [0.25, 0.3) is 0 Å². The van der Waals surface area contributed by atoms with E-state index in [9.17, 15) is 13.6 Å². The third-order valence-electron chi connectivity index (χ3n) is 3.06. The van der Waals surface area contributed by atoms with E-state index in [1.54, 1.807) is 6.07 Å². The summed E-state index contributed by atoms with van der Waals surface area (Å²) in [6.45, 7) is 0. The molecule has 2 nitrogen and oxygen atoms in total. The molecule has 0 unspecified atom stereocenters. The number of benzene rings is 1. The first kappa shape index (κ1) is 11.0. The van der Waals surface area contributed by atoms with Crippen LogP contribution in [0, 0.1) is 5.41 Å². The molecule has 0 aliphatic heterocycles. The molecule has 1 aliphatic rings. The van der Waals surface area contributed by atoms with Crippen LogP contribution in [-0.4, -0.2) is 11.1 Å². The topological polar surface area (TPSA) is 37.3 Å². The lowest BCUT2D eigenvalue weighted by atomic mass is 9.93. The van der Waals surface area contributed by atoms with E-state index < -0.39 is 23.7 Å². The van der Waals surface area contributed by atoms with Gasteiger partial charge in [-0.1, -0.05) is 30.3 Å². The summed E-state index contributed by atoms with van der Waals surface area (Å²) in [6.07, 6.45) is 0.106. The molecule has 1 aliphatic carbocycles. The molecule has 2 rings (SSSR count). The Morgan fingerprint density at radius 2 is 1.88 bits per heavy atom. The van der Waals surface area contributed by atoms with Gasteiger partial charge in [0.15, 0.2) is 0 Å². The van der Waals surface area contributed by atoms with E-state index in [4.69, 9.17) is 5.11 Å². The lowest BCUT2D eigenvalue weighted by molar-refractivity contribution is -0.148. The van der Waals surface area contributed by atoms with Gasteiger partial charge < -0.3 is 5.11 Å². The number of alkyl halides is 2. The molecular formula is C12H12F2O2. The predicted molar refractivity (Wildman–Crippen MR) is 54.3 cm³/mol. The second-order valence-electron chi connectivity index (χ2n) is 4.33. The summed E-state index contributed by atoms with van der Waals surface area (Å²) in [5.74, 6) is -4.17. The van der Waals surface area contributed by atoms with Crippen LogP contribution in [0.5, 0.6) is 0 Å². The zero-order valence-electron chi connectivity index (χ0n) is 8.62. The average Bonchev–Trinajstić information content (AvgIpc) is 3.00. The predicted octanol–water partition coefficient (Wildman–Crippen LogP) is 3.03. The minimum absolute atomic E-state index is 0.109. The molecule has 4 heteroatoms. The Labute approximate surface area is 91.9 Å². The second-order valence-corrected chi connectivity index (χ2v) is 4.33. The van der Waals surface area contributed by atoms with Gasteiger partial charge in [-0.25, -0.2) is 8.78 Å². The first-order valence-electron chi connectivity index (χ1n) is 5.13. The Kier molecular flexibility index (Phi) is 2.45. The van der Waals surface area contributed by atoms with Gasteiger partial charge in [0.25, 0.3) is 5.92 Å². The van der Waals surface area contributed by atoms with Gasteiger partial charge in [0.05, 0.1) is 5.41 Å². The zero-order valence-corrected chi connectivity index (χ0v) is 8.62. The van der Waals surface area contributed by atoms with Gasteiger partial charge in [0.2, 0.25) is 0 Å². The van der Waals surface area contributed by atoms with E-state index in [2.05, 4.69) is 0 Å². The highest BCUT2D eigenvalue weighted by Crippen LogP contribution is 2.55. The van der Waals surface area contributed by atoms with E-state index in [-0.39, 0.29) is 5.56 Å². The Morgan fingerprint density at radius 1 is 1.31 bits per heavy atom. The molecule has 0 amide bonds. The molecule has 1 aromatic carbocycles. The minimum Gasteiger partial charge on any atom is -0.481 e. The fourth-order valence-corrected chi connectivity index (χ4v) is 1.83. The van der Waals surface area contributed by atoms with E-state index in [1.807, 2.05) is 0 Å². The van der Waals surface area contributed by atoms with Crippen LogP contribution in [0.3, 0.4) is 0 Å². The third-order valence-corrected chi connectivity index (χ3v) is 3.06. The number of carbonyl (C=O) groups is 1. The van der Waals surface area contributed by atoms with Gasteiger partial charge in [-0.3, -0.25) is 4.79 Å². The quantitative estimate of drug-likeness (QED) is 0.856. The number of aliphatic carboxylic acids is 1. The summed E-state index contributed by atoms with van der Waals surface area (Å²) in [6, 6.07) is 7.38. The second kappa shape index (κ2) is 3.54. The lowest BCUT2D eigenvalue weighted by Gasteiger charge is -2.20. The Morgan fingerprint density at radius 3 is 2.31 bits per heavy atom. The van der Waals surface area contributed by atoms with Crippen LogP contribution in [0.1, 0.15) is 24.8 Å². The van der Waals surface area contributed by atoms with Crippen molar-refractivity contribution in [3.05, 3.63) is 35.9 Å². The third kappa shape index (κ3) is 1.92. The van der Waals surface area contributed by atoms with Crippen molar-refractivity contribution in [2.75, 3.05) is 0 Å². The summed E-state index contributed by atoms with van der Waals surface area (Å²) in [5, 5.41) is 8.88. The summed E-state index contributed by atoms with van der Waals surface area (Å²) < 4.78 is 27.6. The van der Waals surface area contributed by atoms with Crippen molar-refractivity contribution in [3.63, 3.8) is 0 Å². The molecule has 1 N–H and O–H groups in total. The molecule has 0 heterocycles. The Hall–Kier alpha value is -1.45. The maximum Gasteiger partial charge on any atom is 0.309 e. The van der Waals surface area contributed by atoms with Crippen LogP contribution in [0.15, 0.2) is 30.3 Å². The van der Waals surface area contributed by atoms with E-state index in [0.717, 1.165) is 0 Å². The largest absolute Gasteiger partial charge is 0.481 e. The molecule has 1 fully saturated rings. The SMILES string of the molecule is O=C(O)C1(CC(F)(F)c2ccccc2)CC1. The number of hydrogen-bond acceptors (Lipinski definition) is 1. The Balaban J connectivity index is 2.18. The highest BCUT2D eigenvalue weighted by atomic mass is 19.3. The van der Waals surface area contributed by atoms with Gasteiger partial charge >= 0.3 is 5.97 Å². The lowest BCUT2D eigenvalue weighted by Crippen LogP contribution is -2.25. The number of rotatable bonds is 4. The molecule has 0 radical (unpaired) electrons. The molecular weight excluding hydrogens is 214 g/mol. The van der Waals surface area contributed by atoms with Crippen molar-refractivity contribution >= 4 is 5.97 Å². The van der Waals surface area contributed by atoms with Gasteiger partial charge in [-0.05, 0) is 12.8 Å². The number of carboxylic acid groups (broad SMARTS) is 1. The maximum absolute atomic E-state index is 13.8. The van der Waals surface area contributed by atoms with Gasteiger partial charge in [0.1, 0.15) is 0 Å². The van der Waals surface area contributed by atoms with Gasteiger partial charge in [-0.2, -0.15) is 0 Å². The first-order chi connectivity index (χ1) is 7.46. The van der Waals surface area contributed by atoms with Crippen molar-refractivity contribution in [1.82, 2.24) is 0 Å². The van der Waals surface area contributed by atoms with Crippen LogP contribution >= 0.6 is 0 Å². The highest BCUT2D eigenvalue weighted by molar-refractivity contribution is 5.77. The zero-order chi connectivity index (χ0) is 11.8. The smallest absolute Gasteiger partial charge is 0.309 e. The van der Waals surface area contributed by atoms with Crippen molar-refractivity contribution in [3.8, 4) is 0 Å². The van der Waals surface area contributed by atoms with E-state index in [1.165, 1.54) is 24.3 Å². The van der Waals surface area contributed by atoms with E-state index in [0.29, 0.717) is 12.8 Å². The van der Waals surface area contributed by atoms with Crippen molar-refractivity contribution in [1.29, 1.82) is 0 Å². The van der Waals surface area contributed by atoms with E-state index >= 15 is 0 Å². The van der Waals surface area contributed by atoms with Crippen LogP contribution in [-0.2, 0) is 10.7 Å². The molecule has 0 bridgehead atoms. The summed E-state index contributed by atoms with van der Waals surface area (Å²) in [5.41, 5.74) is -1.30. The summed E-state index contributed by atoms with van der Waals surface area (Å²) in [4.78, 5) is 10.9. The fourth-order valence-electron chi connectivity index (χ4n) is 1.83. The molecule has 1 saturated carbocycles. The van der Waals surface area contributed by atoms with Crippen molar-refractivity contribution in [2.45, 2.75) is 25.2 Å². The average molecular weight is 226 g/mol. The molecule has 0 spiro atoms. The molecule has 16 heavy (non-hydrogen) atoms. The van der Waals surface area contributed by atoms with Gasteiger partial charge in [0, 0.05) is 12.0 Å². The first-order valence-corrected chi connectivity index (χ1v) is 5.13. The molecule has 1 aromatic rings. The van der Waals surface area contributed by atoms with Gasteiger partial charge in [-0.15, -0.1) is 0 Å². The summed E-state index contributed by atoms with van der Waals surface area (Å²) in [7, 11) is 0. The standard InChI is InChI=1S/C12H12F2O2/c13-12(14,9-4-2-1-3-5-9)8-11(6-7-11)10(15)16/h1-5H,6-8H2,(H,15,16). The monoisotopic (exact) mass is 226 g/mol. The molecule has 86 valence electrons. The van der Waals surface area contributed by atoms with Crippen molar-refractivity contribution in [2.24, 2.45) is 5.41 Å².